The SMILES string of the molecule is CN(C)C(=O)c1cc2c(F)c(C3CCCN(C(=O)CCn4cccn4)C3)cc(-c3ccc(N4CCN(CCc5ccc(C6CCC(=O)NC6=O)c(Cl)c5)CC4)cc3)c2o1. The molecule has 8 rings (SSSR count). The highest BCUT2D eigenvalue weighted by atomic mass is 35.5. The van der Waals surface area contributed by atoms with E-state index in [1.54, 1.807) is 25.0 Å². The van der Waals surface area contributed by atoms with Crippen molar-refractivity contribution in [3.8, 4) is 11.1 Å². The van der Waals surface area contributed by atoms with Crippen LogP contribution in [0, 0.1) is 5.82 Å². The van der Waals surface area contributed by atoms with Crippen LogP contribution in [-0.4, -0.2) is 108 Å². The Kier molecular flexibility index (Phi) is 11.8. The van der Waals surface area contributed by atoms with E-state index in [1.807, 2.05) is 53.6 Å². The third kappa shape index (κ3) is 8.77. The van der Waals surface area contributed by atoms with Crippen molar-refractivity contribution < 1.29 is 28.0 Å². The number of likely N-dealkylation sites (tertiary alicyclic amines) is 1. The fourth-order valence-electron chi connectivity index (χ4n) is 8.66. The number of hydrogen-bond donors (Lipinski definition) is 1. The zero-order valence-electron chi connectivity index (χ0n) is 33.5. The number of nitrogens with zero attached hydrogens (tertiary/aromatic N) is 6. The Morgan fingerprint density at radius 2 is 1.76 bits per heavy atom. The Balaban J connectivity index is 0.944. The number of anilines is 1. The number of amides is 4. The van der Waals surface area contributed by atoms with Gasteiger partial charge in [0.05, 0.1) is 11.3 Å². The Morgan fingerprint density at radius 1 is 0.966 bits per heavy atom. The van der Waals surface area contributed by atoms with Gasteiger partial charge in [0, 0.05) is 120 Å². The first-order valence-electron chi connectivity index (χ1n) is 20.4. The van der Waals surface area contributed by atoms with E-state index in [4.69, 9.17) is 16.0 Å². The van der Waals surface area contributed by atoms with Gasteiger partial charge in [-0.2, -0.15) is 5.10 Å². The molecule has 1 N–H and O–H groups in total. The van der Waals surface area contributed by atoms with E-state index in [0.29, 0.717) is 60.6 Å². The molecule has 5 aromatic rings. The first-order chi connectivity index (χ1) is 28.5. The highest BCUT2D eigenvalue weighted by Crippen LogP contribution is 2.40. The molecule has 0 saturated carbocycles. The molecule has 308 valence electrons. The third-order valence-corrected chi connectivity index (χ3v) is 12.4. The number of aryl methyl sites for hydroxylation is 1. The number of carbonyl (C=O) groups excluding carboxylic acids is 4. The van der Waals surface area contributed by atoms with Crippen LogP contribution in [0.5, 0.6) is 0 Å². The highest BCUT2D eigenvalue weighted by Gasteiger charge is 2.31. The molecule has 3 aliphatic heterocycles. The lowest BCUT2D eigenvalue weighted by atomic mass is 9.87. The molecule has 12 nitrogen and oxygen atoms in total. The number of imide groups is 1. The molecule has 3 fully saturated rings. The summed E-state index contributed by atoms with van der Waals surface area (Å²) >= 11 is 6.63. The monoisotopic (exact) mass is 821 g/mol. The number of furan rings is 1. The molecule has 3 aromatic carbocycles. The van der Waals surface area contributed by atoms with Crippen LogP contribution in [0.2, 0.25) is 5.02 Å². The molecule has 3 saturated heterocycles. The average molecular weight is 822 g/mol. The van der Waals surface area contributed by atoms with Crippen molar-refractivity contribution in [1.82, 2.24) is 29.8 Å². The van der Waals surface area contributed by atoms with E-state index < -0.39 is 11.7 Å². The van der Waals surface area contributed by atoms with Gasteiger partial charge in [0.1, 0.15) is 11.4 Å². The quantitative estimate of drug-likeness (QED) is 0.151. The first-order valence-corrected chi connectivity index (χ1v) is 20.8. The average Bonchev–Trinajstić information content (AvgIpc) is 3.94. The highest BCUT2D eigenvalue weighted by molar-refractivity contribution is 6.31. The third-order valence-electron chi connectivity index (χ3n) is 12.0. The summed E-state index contributed by atoms with van der Waals surface area (Å²) in [5, 5.41) is 7.44. The smallest absolute Gasteiger partial charge is 0.289 e. The largest absolute Gasteiger partial charge is 0.450 e. The van der Waals surface area contributed by atoms with Crippen molar-refractivity contribution >= 4 is 51.9 Å². The van der Waals surface area contributed by atoms with Gasteiger partial charge in [-0.05, 0) is 78.3 Å². The molecular formula is C45H49ClFN7O5. The lowest BCUT2D eigenvalue weighted by molar-refractivity contribution is -0.134. The Hall–Kier alpha value is -5.53. The van der Waals surface area contributed by atoms with Gasteiger partial charge < -0.3 is 19.1 Å². The Bertz CT molecular complexity index is 2350. The van der Waals surface area contributed by atoms with Gasteiger partial charge >= 0.3 is 0 Å². The number of hydrogen-bond acceptors (Lipinski definition) is 8. The van der Waals surface area contributed by atoms with Crippen LogP contribution < -0.4 is 10.2 Å². The summed E-state index contributed by atoms with van der Waals surface area (Å²) in [6.45, 7) is 5.91. The second-order valence-corrected chi connectivity index (χ2v) is 16.5. The number of carbonyl (C=O) groups is 4. The molecule has 3 aliphatic rings. The van der Waals surface area contributed by atoms with Crippen molar-refractivity contribution in [2.75, 3.05) is 64.8 Å². The molecule has 2 unspecified atom stereocenters. The fraction of sp³-hybridized carbons (Fsp3) is 0.400. The molecule has 5 heterocycles. The number of fused-ring (bicyclic) bond motifs is 1. The number of piperazine rings is 1. The van der Waals surface area contributed by atoms with Crippen LogP contribution in [0.3, 0.4) is 0 Å². The maximum atomic E-state index is 16.6. The summed E-state index contributed by atoms with van der Waals surface area (Å²) in [7, 11) is 3.27. The Morgan fingerprint density at radius 3 is 2.47 bits per heavy atom. The number of rotatable bonds is 11. The minimum absolute atomic E-state index is 0.0220. The molecule has 14 heteroatoms. The topological polar surface area (TPSA) is 124 Å². The summed E-state index contributed by atoms with van der Waals surface area (Å²) in [5.41, 5.74) is 5.36. The lowest BCUT2D eigenvalue weighted by Gasteiger charge is -2.36. The molecule has 0 spiro atoms. The summed E-state index contributed by atoms with van der Waals surface area (Å²) in [5.74, 6) is -1.81. The summed E-state index contributed by atoms with van der Waals surface area (Å²) in [6.07, 6.45) is 6.95. The number of piperidine rings is 2. The summed E-state index contributed by atoms with van der Waals surface area (Å²) in [6, 6.07) is 19.3. The second kappa shape index (κ2) is 17.4. The zero-order chi connectivity index (χ0) is 41.2. The number of benzene rings is 3. The van der Waals surface area contributed by atoms with Gasteiger partial charge in [-0.3, -0.25) is 34.1 Å². The number of halogens is 2. The zero-order valence-corrected chi connectivity index (χ0v) is 34.2. The van der Waals surface area contributed by atoms with Crippen LogP contribution >= 0.6 is 11.6 Å². The molecule has 0 bridgehead atoms. The fourth-order valence-corrected chi connectivity index (χ4v) is 8.99. The van der Waals surface area contributed by atoms with Crippen LogP contribution in [0.1, 0.15) is 71.2 Å². The standard InChI is InChI=1S/C45H49ClFN7O5/c1-50(2)45(58)39-27-37-42(47)35(31-5-3-17-53(28-31)41(56)15-20-54-18-4-16-48-54)26-36(43(37)59-39)30-7-9-32(10-8-30)52-23-21-51(22-24-52)19-14-29-6-11-33(38(46)25-29)34-12-13-40(55)49-44(34)57/h4,6-11,16,18,25-27,31,34H,3,5,12-15,17,19-24,28H2,1-2H3,(H,49,55,57). The van der Waals surface area contributed by atoms with Crippen molar-refractivity contribution in [3.05, 3.63) is 106 Å². The molecular weight excluding hydrogens is 773 g/mol. The van der Waals surface area contributed by atoms with Gasteiger partial charge in [0.25, 0.3) is 5.91 Å². The van der Waals surface area contributed by atoms with Gasteiger partial charge in [0.2, 0.25) is 17.7 Å². The van der Waals surface area contributed by atoms with Gasteiger partial charge in [-0.25, -0.2) is 4.39 Å². The van der Waals surface area contributed by atoms with E-state index in [-0.39, 0.29) is 40.7 Å². The van der Waals surface area contributed by atoms with E-state index >= 15 is 4.39 Å². The normalized spacial score (nSPS) is 19.0. The van der Waals surface area contributed by atoms with Crippen LogP contribution in [0.4, 0.5) is 10.1 Å². The van der Waals surface area contributed by atoms with Gasteiger partial charge in [-0.15, -0.1) is 0 Å². The molecule has 59 heavy (non-hydrogen) atoms. The first kappa shape index (κ1) is 40.3. The number of aromatic nitrogens is 2. The van der Waals surface area contributed by atoms with E-state index in [1.165, 1.54) is 11.0 Å². The van der Waals surface area contributed by atoms with Gasteiger partial charge in [-0.1, -0.05) is 35.9 Å². The van der Waals surface area contributed by atoms with E-state index in [0.717, 1.165) is 74.4 Å². The maximum absolute atomic E-state index is 16.6. The van der Waals surface area contributed by atoms with E-state index in [9.17, 15) is 19.2 Å². The number of nitrogens with one attached hydrogen (secondary N) is 1. The predicted molar refractivity (Wildman–Crippen MR) is 224 cm³/mol. The van der Waals surface area contributed by atoms with Crippen LogP contribution in [0.15, 0.2) is 77.5 Å². The molecule has 0 aliphatic carbocycles. The summed E-state index contributed by atoms with van der Waals surface area (Å²) < 4.78 is 24.4. The minimum Gasteiger partial charge on any atom is -0.450 e. The van der Waals surface area contributed by atoms with Crippen molar-refractivity contribution in [3.63, 3.8) is 0 Å². The predicted octanol–water partition coefficient (Wildman–Crippen LogP) is 6.47. The van der Waals surface area contributed by atoms with Crippen molar-refractivity contribution in [2.24, 2.45) is 0 Å². The van der Waals surface area contributed by atoms with Crippen molar-refractivity contribution in [2.45, 2.75) is 56.9 Å². The molecule has 4 amide bonds. The Labute approximate surface area is 347 Å². The lowest BCUT2D eigenvalue weighted by Crippen LogP contribution is -2.47. The van der Waals surface area contributed by atoms with Gasteiger partial charge in [0.15, 0.2) is 5.76 Å². The molecule has 2 atom stereocenters. The molecule has 2 aromatic heterocycles. The van der Waals surface area contributed by atoms with Crippen LogP contribution in [0.25, 0.3) is 22.1 Å². The second-order valence-electron chi connectivity index (χ2n) is 16.1. The van der Waals surface area contributed by atoms with Crippen molar-refractivity contribution in [1.29, 1.82) is 0 Å². The maximum Gasteiger partial charge on any atom is 0.289 e. The molecule has 0 radical (unpaired) electrons. The summed E-state index contributed by atoms with van der Waals surface area (Å²) in [4.78, 5) is 58.3. The minimum atomic E-state index is -0.414. The van der Waals surface area contributed by atoms with Crippen LogP contribution in [-0.2, 0) is 27.3 Å². The van der Waals surface area contributed by atoms with E-state index in [2.05, 4.69) is 32.3 Å².